The van der Waals surface area contributed by atoms with Crippen molar-refractivity contribution in [1.29, 1.82) is 0 Å². The van der Waals surface area contributed by atoms with Gasteiger partial charge in [-0.2, -0.15) is 26.3 Å². The largest absolute Gasteiger partial charge is 0.750 e. The highest BCUT2D eigenvalue weighted by molar-refractivity contribution is 7.73. The van der Waals surface area contributed by atoms with Crippen LogP contribution in [0.3, 0.4) is 0 Å². The molecule has 0 aliphatic carbocycles. The molecule has 1 unspecified atom stereocenters. The van der Waals surface area contributed by atoms with E-state index in [0.29, 0.717) is 0 Å². The average Bonchev–Trinajstić information content (AvgIpc) is 1.55. The van der Waals surface area contributed by atoms with Crippen molar-refractivity contribution in [3.63, 3.8) is 0 Å². The predicted molar refractivity (Wildman–Crippen MR) is 23.7 cm³/mol. The molecule has 76 valence electrons. The first-order valence-corrected chi connectivity index (χ1v) is 2.93. The predicted octanol–water partition coefficient (Wildman–Crippen LogP) is 1.45. The Morgan fingerprint density at radius 1 is 1.00 bits per heavy atom. The van der Waals surface area contributed by atoms with Gasteiger partial charge in [-0.15, -0.1) is 0 Å². The van der Waals surface area contributed by atoms with E-state index in [-0.39, 0.29) is 0 Å². The summed E-state index contributed by atoms with van der Waals surface area (Å²) in [5.41, 5.74) is 0. The Labute approximate surface area is 64.5 Å². The highest BCUT2D eigenvalue weighted by Gasteiger charge is 2.58. The molecule has 0 aliphatic rings. The highest BCUT2D eigenvalue weighted by Crippen LogP contribution is 2.35. The molecule has 0 bridgehead atoms. The third kappa shape index (κ3) is 9.65. The maximum absolute atomic E-state index is 10.4. The smallest absolute Gasteiger partial charge is 0.487 e. The molecule has 0 saturated heterocycles. The van der Waals surface area contributed by atoms with Crippen LogP contribution < -0.4 is 0 Å². The highest BCUT2D eigenvalue weighted by atomic mass is 32.2. The zero-order valence-corrected chi connectivity index (χ0v) is 5.76. The van der Waals surface area contributed by atoms with Crippen LogP contribution in [0.1, 0.15) is 0 Å². The van der Waals surface area contributed by atoms with Gasteiger partial charge in [-0.05, 0) is 0 Å². The van der Waals surface area contributed by atoms with Gasteiger partial charge in [-0.3, -0.25) is 0 Å². The molecule has 0 fully saturated rings. The van der Waals surface area contributed by atoms with Gasteiger partial charge < -0.3 is 9.11 Å². The summed E-state index contributed by atoms with van der Waals surface area (Å²) < 4.78 is 86.7. The van der Waals surface area contributed by atoms with Crippen molar-refractivity contribution < 1.29 is 39.7 Å². The van der Waals surface area contributed by atoms with Crippen LogP contribution in [0.25, 0.3) is 0 Å². The molecule has 0 aromatic carbocycles. The van der Waals surface area contributed by atoms with Crippen LogP contribution in [-0.4, -0.2) is 25.7 Å². The summed E-state index contributed by atoms with van der Waals surface area (Å²) in [5.74, 6) is 0. The van der Waals surface area contributed by atoms with Crippen LogP contribution in [0.5, 0.6) is 0 Å². The molecule has 0 saturated carbocycles. The first kappa shape index (κ1) is 14.2. The number of alkyl halides is 6. The minimum absolute atomic E-state index is 2.86. The van der Waals surface area contributed by atoms with Gasteiger partial charge >= 0.3 is 12.4 Å². The number of rotatable bonds is 0. The lowest BCUT2D eigenvalue weighted by Crippen LogP contribution is -2.30. The van der Waals surface area contributed by atoms with Crippen molar-refractivity contribution in [2.75, 3.05) is 0 Å². The van der Waals surface area contributed by atoms with E-state index in [1.807, 2.05) is 0 Å². The topological polar surface area (TPSA) is 60.4 Å². The van der Waals surface area contributed by atoms with E-state index in [0.717, 1.165) is 0 Å². The second kappa shape index (κ2) is 4.62. The summed E-state index contributed by atoms with van der Waals surface area (Å²) in [6.45, 7) is 0. The minimum atomic E-state index is -6.06. The van der Waals surface area contributed by atoms with Crippen LogP contribution in [0.4, 0.5) is 26.3 Å². The molecule has 0 spiro atoms. The van der Waals surface area contributed by atoms with Gasteiger partial charge in [0.25, 0.3) is 0 Å². The van der Waals surface area contributed by atoms with Gasteiger partial charge in [0.15, 0.2) is 0 Å². The molecule has 1 atom stereocenters. The molecule has 0 rings (SSSR count). The van der Waals surface area contributed by atoms with E-state index < -0.39 is 23.7 Å². The molecule has 3 nitrogen and oxygen atoms in total. The molecule has 1 N–H and O–H groups in total. The summed E-state index contributed by atoms with van der Waals surface area (Å²) in [6, 6.07) is 0. The zero-order chi connectivity index (χ0) is 10.6. The fourth-order valence-electron chi connectivity index (χ4n) is 0. The van der Waals surface area contributed by atoms with Crippen LogP contribution in [0.15, 0.2) is 0 Å². The van der Waals surface area contributed by atoms with Crippen molar-refractivity contribution >= 4 is 11.4 Å². The van der Waals surface area contributed by atoms with Crippen LogP contribution in [0, 0.1) is 0 Å². The maximum Gasteiger partial charge on any atom is 0.487 e. The van der Waals surface area contributed by atoms with Gasteiger partial charge in [0.1, 0.15) is 0 Å². The lowest BCUT2D eigenvalue weighted by Gasteiger charge is -2.08. The van der Waals surface area contributed by atoms with E-state index in [9.17, 15) is 26.3 Å². The molecular formula is C2HF6O3S-. The quantitative estimate of drug-likeness (QED) is 0.495. The summed E-state index contributed by atoms with van der Waals surface area (Å²) in [4.78, 5) is 0. The zero-order valence-electron chi connectivity index (χ0n) is 4.94. The molecule has 0 amide bonds. The molecule has 0 aromatic rings. The Kier molecular flexibility index (Phi) is 5.46. The summed E-state index contributed by atoms with van der Waals surface area (Å²) in [5, 5.41) is 0. The second-order valence-corrected chi connectivity index (χ2v) is 1.65. The summed E-state index contributed by atoms with van der Waals surface area (Å²) in [6.07, 6.45) is -12.1. The van der Waals surface area contributed by atoms with Gasteiger partial charge in [-0.25, -0.2) is 4.21 Å². The van der Waals surface area contributed by atoms with Crippen molar-refractivity contribution in [2.24, 2.45) is 0 Å². The van der Waals surface area contributed by atoms with E-state index in [4.69, 9.17) is 13.3 Å². The van der Waals surface area contributed by atoms with Crippen LogP contribution >= 0.6 is 0 Å². The first-order valence-electron chi connectivity index (χ1n) is 1.90. The van der Waals surface area contributed by atoms with Gasteiger partial charge in [0, 0.05) is 0 Å². The normalized spacial score (nSPS) is 14.7. The Bertz CT molecular complexity index is 132. The molecule has 0 aromatic heterocycles. The van der Waals surface area contributed by atoms with Crippen molar-refractivity contribution in [2.45, 2.75) is 12.4 Å². The number of halogens is 6. The van der Waals surface area contributed by atoms with Crippen molar-refractivity contribution in [3.05, 3.63) is 0 Å². The van der Waals surface area contributed by atoms with E-state index >= 15 is 0 Å². The second-order valence-electron chi connectivity index (χ2n) is 1.21. The van der Waals surface area contributed by atoms with Crippen LogP contribution in [0.2, 0.25) is 0 Å². The molecule has 10 heteroatoms. The SMILES string of the molecule is FC(F)(F)C(F)(F)F.O=S([O-])O. The van der Waals surface area contributed by atoms with Gasteiger partial charge in [-0.1, -0.05) is 0 Å². The standard InChI is InChI=1S/C2F6.H2O3S/c3-1(4,5)2(6,7)8;1-4(2)3/h;(H2,1,2,3)/p-1. The number of hydrogen-bond donors (Lipinski definition) is 1. The van der Waals surface area contributed by atoms with E-state index in [1.54, 1.807) is 0 Å². The molecule has 0 radical (unpaired) electrons. The van der Waals surface area contributed by atoms with Crippen molar-refractivity contribution in [1.82, 2.24) is 0 Å². The Morgan fingerprint density at radius 3 is 1.08 bits per heavy atom. The van der Waals surface area contributed by atoms with Crippen LogP contribution in [-0.2, 0) is 11.4 Å². The Morgan fingerprint density at radius 2 is 1.08 bits per heavy atom. The Hall–Kier alpha value is -0.350. The monoisotopic (exact) mass is 219 g/mol. The van der Waals surface area contributed by atoms with Gasteiger partial charge in [0.05, 0.1) is 11.4 Å². The fraction of sp³-hybridized carbons (Fsp3) is 1.00. The lowest BCUT2D eigenvalue weighted by molar-refractivity contribution is -0.339. The third-order valence-corrected chi connectivity index (χ3v) is 0.321. The summed E-state index contributed by atoms with van der Waals surface area (Å²) >= 11 is -2.86. The minimum Gasteiger partial charge on any atom is -0.750 e. The lowest BCUT2D eigenvalue weighted by atomic mass is 10.7. The summed E-state index contributed by atoms with van der Waals surface area (Å²) in [7, 11) is 0. The molecule has 0 heterocycles. The first-order chi connectivity index (χ1) is 4.98. The molecule has 0 aliphatic heterocycles. The molecular weight excluding hydrogens is 218 g/mol. The third-order valence-electron chi connectivity index (χ3n) is 0.321. The van der Waals surface area contributed by atoms with E-state index in [2.05, 4.69) is 0 Å². The average molecular weight is 219 g/mol. The van der Waals surface area contributed by atoms with Crippen molar-refractivity contribution in [3.8, 4) is 0 Å². The maximum atomic E-state index is 10.4. The molecule has 12 heavy (non-hydrogen) atoms. The van der Waals surface area contributed by atoms with Gasteiger partial charge in [0.2, 0.25) is 0 Å². The van der Waals surface area contributed by atoms with E-state index in [1.165, 1.54) is 0 Å². The fourth-order valence-corrected chi connectivity index (χ4v) is 0. The number of hydrogen-bond acceptors (Lipinski definition) is 2. The Balaban J connectivity index is 0.